The second-order valence-corrected chi connectivity index (χ2v) is 31.2. The molecule has 64 heavy (non-hydrogen) atoms. The number of hydrogen-bond donors (Lipinski definition) is 0. The van der Waals surface area contributed by atoms with E-state index in [4.69, 9.17) is 4.74 Å². The Hall–Kier alpha value is -2.85. The van der Waals surface area contributed by atoms with Crippen molar-refractivity contribution in [2.24, 2.45) is 0 Å². The average Bonchev–Trinajstić information content (AvgIpc) is 3.27. The Balaban J connectivity index is 1.96. The van der Waals surface area contributed by atoms with Gasteiger partial charge in [0.2, 0.25) is 0 Å². The first-order valence-electron chi connectivity index (χ1n) is 23.8. The van der Waals surface area contributed by atoms with E-state index in [1.165, 1.54) is 40.6 Å². The zero-order chi connectivity index (χ0) is 46.8. The van der Waals surface area contributed by atoms with Crippen molar-refractivity contribution < 1.29 is 35.8 Å². The first kappa shape index (κ1) is 53.8. The van der Waals surface area contributed by atoms with Crippen LogP contribution in [0.25, 0.3) is 11.1 Å². The van der Waals surface area contributed by atoms with Gasteiger partial charge in [-0.2, -0.15) is 0 Å². The maximum atomic E-state index is 14.7. The lowest BCUT2D eigenvalue weighted by molar-refractivity contribution is -0.275. The number of anilines is 1. The molecule has 0 spiro atoms. The summed E-state index contributed by atoms with van der Waals surface area (Å²) < 4.78 is 98.0. The van der Waals surface area contributed by atoms with Gasteiger partial charge in [0, 0.05) is 28.9 Å². The van der Waals surface area contributed by atoms with Crippen LogP contribution < -0.4 is 35.1 Å². The summed E-state index contributed by atoms with van der Waals surface area (Å²) in [5.41, 5.74) is 1.81. The molecule has 0 radical (unpaired) electrons. The minimum absolute atomic E-state index is 0.288. The minimum Gasteiger partial charge on any atom is -0.405 e. The standard InChI is InChI=1S/C51H73F6NO2P2Si2/c1-8-14-33-63(34-15-9-2,35-16-10-3)43-27-22-25-41(39-43)45-29-24-31-47(49(45)60-51(55,56)57)61-62(48-32-21-20-30-46(48)59-50(52,53)54)58(7)42-26-23-28-44(40-42)64(36-17-11-4,37-18-12-5)38-19-13-6/h20-32,39-40,61H,8-19,33-38H2,1-7H3. The lowest BCUT2D eigenvalue weighted by Crippen LogP contribution is -2.47. The van der Waals surface area contributed by atoms with E-state index in [9.17, 15) is 26.3 Å². The molecule has 4 aromatic rings. The maximum absolute atomic E-state index is 14.7. The van der Waals surface area contributed by atoms with Crippen molar-refractivity contribution >= 4 is 58.8 Å². The highest BCUT2D eigenvalue weighted by atomic mass is 32.1. The molecular weight excluding hydrogens is 891 g/mol. The van der Waals surface area contributed by atoms with Crippen LogP contribution in [0.15, 0.2) is 91.0 Å². The molecule has 2 unspecified atom stereocenters. The smallest absolute Gasteiger partial charge is 0.405 e. The topological polar surface area (TPSA) is 21.7 Å². The summed E-state index contributed by atoms with van der Waals surface area (Å²) in [6.45, 7) is 13.3. The highest BCUT2D eigenvalue weighted by Gasteiger charge is 2.39. The Morgan fingerprint density at radius 3 is 1.47 bits per heavy atom. The molecule has 0 saturated carbocycles. The number of alkyl halides is 6. The highest BCUT2D eigenvalue weighted by Crippen LogP contribution is 2.60. The number of ether oxygens (including phenoxy) is 2. The van der Waals surface area contributed by atoms with Gasteiger partial charge in [0.25, 0.3) is 0 Å². The van der Waals surface area contributed by atoms with Crippen LogP contribution in [-0.2, 0) is 0 Å². The van der Waals surface area contributed by atoms with Crippen molar-refractivity contribution in [1.82, 2.24) is 0 Å². The van der Waals surface area contributed by atoms with E-state index in [1.807, 2.05) is 29.9 Å². The van der Waals surface area contributed by atoms with E-state index in [0.717, 1.165) is 101 Å². The van der Waals surface area contributed by atoms with Crippen LogP contribution in [0, 0.1) is 0 Å². The minimum atomic E-state index is -5.02. The van der Waals surface area contributed by atoms with E-state index in [0.29, 0.717) is 16.4 Å². The van der Waals surface area contributed by atoms with Crippen LogP contribution in [0.1, 0.15) is 119 Å². The number of para-hydroxylation sites is 2. The van der Waals surface area contributed by atoms with Gasteiger partial charge in [0.15, 0.2) is 0 Å². The summed E-state index contributed by atoms with van der Waals surface area (Å²) >= 11 is 0. The Kier molecular flexibility index (Phi) is 21.8. The molecule has 0 saturated heterocycles. The molecule has 0 aliphatic heterocycles. The first-order valence-corrected chi connectivity index (χ1v) is 32.2. The summed E-state index contributed by atoms with van der Waals surface area (Å²) in [6.07, 6.45) is 3.29. The second-order valence-electron chi connectivity index (χ2n) is 17.5. The van der Waals surface area contributed by atoms with Gasteiger partial charge in [-0.15, -0.1) is 26.3 Å². The SMILES string of the molecule is CCCC[Si](CCCC)(CCCC)c1cccc(-c2cccc(PP(c3ccccc3OC(F)(F)F)N(C)c3cccc([Si](CCCC)(CCCC)CCCC)c3)c2OC(F)(F)F)c1. The molecule has 4 aromatic carbocycles. The molecule has 0 fully saturated rings. The van der Waals surface area contributed by atoms with Crippen LogP contribution >= 0.6 is 16.0 Å². The lowest BCUT2D eigenvalue weighted by atomic mass is 10.0. The van der Waals surface area contributed by atoms with Gasteiger partial charge in [-0.1, -0.05) is 232 Å². The average molecular weight is 964 g/mol. The van der Waals surface area contributed by atoms with E-state index in [2.05, 4.69) is 76.6 Å². The van der Waals surface area contributed by atoms with Crippen molar-refractivity contribution in [3.63, 3.8) is 0 Å². The van der Waals surface area contributed by atoms with Gasteiger partial charge >= 0.3 is 12.7 Å². The molecule has 0 N–H and O–H groups in total. The van der Waals surface area contributed by atoms with Gasteiger partial charge in [0.05, 0.1) is 23.9 Å². The molecular formula is C51H73F6NO2P2Si2. The number of nitrogens with zero attached hydrogens (tertiary/aromatic N) is 1. The van der Waals surface area contributed by atoms with Crippen molar-refractivity contribution in [3.05, 3.63) is 91.0 Å². The highest BCUT2D eigenvalue weighted by molar-refractivity contribution is 8.28. The van der Waals surface area contributed by atoms with Crippen molar-refractivity contribution in [1.29, 1.82) is 0 Å². The molecule has 3 nitrogen and oxygen atoms in total. The fraction of sp³-hybridized carbons (Fsp3) is 0.529. The molecule has 0 bridgehead atoms. The number of rotatable bonds is 28. The number of benzene rings is 4. The second kappa shape index (κ2) is 25.9. The van der Waals surface area contributed by atoms with Crippen LogP contribution in [-0.4, -0.2) is 35.9 Å². The Morgan fingerprint density at radius 2 is 0.984 bits per heavy atom. The summed E-state index contributed by atoms with van der Waals surface area (Å²) in [6, 6.07) is 34.7. The lowest BCUT2D eigenvalue weighted by Gasteiger charge is -2.36. The molecule has 4 rings (SSSR count). The third kappa shape index (κ3) is 15.4. The molecule has 0 aliphatic rings. The third-order valence-electron chi connectivity index (χ3n) is 12.7. The molecule has 0 aromatic heterocycles. The normalized spacial score (nSPS) is 13.1. The Labute approximate surface area is 386 Å². The number of halogens is 6. The quantitative estimate of drug-likeness (QED) is 0.0322. The summed E-state index contributed by atoms with van der Waals surface area (Å²) in [5.74, 6) is -0.661. The van der Waals surface area contributed by atoms with Gasteiger partial charge in [-0.3, -0.25) is 0 Å². The van der Waals surface area contributed by atoms with Gasteiger partial charge in [-0.25, -0.2) is 0 Å². The van der Waals surface area contributed by atoms with E-state index >= 15 is 0 Å². The van der Waals surface area contributed by atoms with Gasteiger partial charge < -0.3 is 14.1 Å². The predicted octanol–water partition coefficient (Wildman–Crippen LogP) is 16.3. The van der Waals surface area contributed by atoms with Crippen LogP contribution in [0.5, 0.6) is 11.5 Å². The van der Waals surface area contributed by atoms with E-state index < -0.39 is 44.9 Å². The maximum Gasteiger partial charge on any atom is 0.573 e. The zero-order valence-electron chi connectivity index (χ0n) is 39.4. The summed E-state index contributed by atoms with van der Waals surface area (Å²) in [4.78, 5) is 0. The summed E-state index contributed by atoms with van der Waals surface area (Å²) in [7, 11) is -4.37. The van der Waals surface area contributed by atoms with Crippen molar-refractivity contribution in [2.45, 2.75) is 168 Å². The monoisotopic (exact) mass is 963 g/mol. The third-order valence-corrected chi connectivity index (χ3v) is 29.2. The van der Waals surface area contributed by atoms with Crippen LogP contribution in [0.2, 0.25) is 36.3 Å². The predicted molar refractivity (Wildman–Crippen MR) is 270 cm³/mol. The first-order chi connectivity index (χ1) is 30.6. The van der Waals surface area contributed by atoms with E-state index in [1.54, 1.807) is 30.3 Å². The molecule has 354 valence electrons. The van der Waals surface area contributed by atoms with Crippen LogP contribution in [0.4, 0.5) is 32.0 Å². The zero-order valence-corrected chi connectivity index (χ0v) is 43.3. The molecule has 0 heterocycles. The largest absolute Gasteiger partial charge is 0.573 e. The molecule has 0 amide bonds. The van der Waals surface area contributed by atoms with Crippen LogP contribution in [0.3, 0.4) is 0 Å². The molecule has 13 heteroatoms. The molecule has 0 aliphatic carbocycles. The fourth-order valence-corrected chi connectivity index (χ4v) is 25.6. The number of hydrogen-bond acceptors (Lipinski definition) is 3. The number of unbranched alkanes of at least 4 members (excludes halogenated alkanes) is 6. The molecule has 2 atom stereocenters. The van der Waals surface area contributed by atoms with E-state index in [-0.39, 0.29) is 16.8 Å². The van der Waals surface area contributed by atoms with Gasteiger partial charge in [-0.05, 0) is 38.1 Å². The Morgan fingerprint density at radius 1 is 0.531 bits per heavy atom. The fourth-order valence-electron chi connectivity index (χ4n) is 9.21. The van der Waals surface area contributed by atoms with Gasteiger partial charge in [0.1, 0.15) is 11.5 Å². The summed E-state index contributed by atoms with van der Waals surface area (Å²) in [5, 5.41) is 3.18. The van der Waals surface area contributed by atoms with Crippen molar-refractivity contribution in [3.8, 4) is 22.6 Å². The van der Waals surface area contributed by atoms with Crippen molar-refractivity contribution in [2.75, 3.05) is 11.7 Å². The Bertz CT molecular complexity index is 1950.